The zero-order valence-corrected chi connectivity index (χ0v) is 28.5. The predicted molar refractivity (Wildman–Crippen MR) is 174 cm³/mol. The molecule has 0 aromatic heterocycles. The van der Waals surface area contributed by atoms with Crippen molar-refractivity contribution in [1.82, 2.24) is 5.32 Å². The molecule has 0 unspecified atom stereocenters. The zero-order valence-electron chi connectivity index (χ0n) is 25.7. The fourth-order valence-electron chi connectivity index (χ4n) is 5.37. The summed E-state index contributed by atoms with van der Waals surface area (Å²) >= 11 is 1.52. The van der Waals surface area contributed by atoms with E-state index in [1.54, 1.807) is 6.07 Å². The minimum Gasteiger partial charge on any atom is -0.548 e. The summed E-state index contributed by atoms with van der Waals surface area (Å²) in [6, 6.07) is 32.6. The van der Waals surface area contributed by atoms with Crippen molar-refractivity contribution in [2.75, 3.05) is 30.5 Å². The Bertz CT molecular complexity index is 1460. The van der Waals surface area contributed by atoms with E-state index in [0.29, 0.717) is 36.3 Å². The second-order valence-corrected chi connectivity index (χ2v) is 12.0. The van der Waals surface area contributed by atoms with Crippen LogP contribution in [0.25, 0.3) is 11.1 Å². The number of aryl methyl sites for hydroxylation is 1. The molecule has 0 aliphatic heterocycles. The van der Waals surface area contributed by atoms with E-state index in [1.807, 2.05) is 86.0 Å². The van der Waals surface area contributed by atoms with Gasteiger partial charge in [-0.1, -0.05) is 84.9 Å². The summed E-state index contributed by atoms with van der Waals surface area (Å²) in [6.45, 7) is 2.46. The van der Waals surface area contributed by atoms with Crippen LogP contribution in [0.3, 0.4) is 0 Å². The molecule has 0 aliphatic rings. The van der Waals surface area contributed by atoms with Crippen molar-refractivity contribution in [1.29, 1.82) is 0 Å². The summed E-state index contributed by atoms with van der Waals surface area (Å²) in [6.07, 6.45) is 3.53. The van der Waals surface area contributed by atoms with Gasteiger partial charge < -0.3 is 25.6 Å². The summed E-state index contributed by atoms with van der Waals surface area (Å²) in [5.74, 6) is -1.17. The Morgan fingerprint density at radius 1 is 0.864 bits per heavy atom. The summed E-state index contributed by atoms with van der Waals surface area (Å²) < 4.78 is 0. The van der Waals surface area contributed by atoms with Crippen LogP contribution in [0.2, 0.25) is 0 Å². The van der Waals surface area contributed by atoms with Crippen LogP contribution in [0.5, 0.6) is 0 Å². The van der Waals surface area contributed by atoms with Gasteiger partial charge in [-0.15, -0.1) is 0 Å². The normalized spacial score (nSPS) is 11.7. The van der Waals surface area contributed by atoms with Crippen molar-refractivity contribution in [2.24, 2.45) is 5.41 Å². The van der Waals surface area contributed by atoms with Crippen LogP contribution in [0.4, 0.5) is 5.69 Å². The average Bonchev–Trinajstić information content (AvgIpc) is 3.02. The van der Waals surface area contributed by atoms with Gasteiger partial charge in [-0.25, -0.2) is 0 Å². The van der Waals surface area contributed by atoms with Crippen molar-refractivity contribution in [3.8, 4) is 11.1 Å². The molecule has 0 bridgehead atoms. The van der Waals surface area contributed by atoms with Gasteiger partial charge in [0.15, 0.2) is 0 Å². The van der Waals surface area contributed by atoms with E-state index in [1.165, 1.54) is 11.8 Å². The number of carboxylic acids is 1. The number of carboxylic acid groups (broad SMARTS) is 1. The molecular weight excluding hydrogens is 579 g/mol. The minimum absolute atomic E-state index is 0. The van der Waals surface area contributed by atoms with E-state index in [-0.39, 0.29) is 42.6 Å². The standard InChI is InChI=1S/C36H40N2O4S.Na/c1-26-11-9-10-16-30(26)32-21-29(17-18-31(32)34(40)38-33(35(41)42)19-20-43-2)37-24-36(25-39,22-27-12-5-3-6-13-27)23-28-14-7-4-8-15-28;/h3-18,21,33,37,39H,19-20,22-25H2,1-2H3,(H,38,40)(H,41,42);/q;+1/p-1/t33-;/m0./s1. The third-order valence-electron chi connectivity index (χ3n) is 7.75. The Morgan fingerprint density at radius 3 is 2.00 bits per heavy atom. The molecule has 1 amide bonds. The Labute approximate surface area is 287 Å². The van der Waals surface area contributed by atoms with Crippen molar-refractivity contribution >= 4 is 29.3 Å². The van der Waals surface area contributed by atoms with Gasteiger partial charge in [0.25, 0.3) is 5.91 Å². The maximum absolute atomic E-state index is 13.4. The molecule has 0 spiro atoms. The quantitative estimate of drug-likeness (QED) is 0.177. The van der Waals surface area contributed by atoms with E-state index in [4.69, 9.17) is 0 Å². The Balaban J connectivity index is 0.00000529. The van der Waals surface area contributed by atoms with Crippen molar-refractivity contribution in [2.45, 2.75) is 32.2 Å². The molecule has 6 nitrogen and oxygen atoms in total. The number of anilines is 1. The summed E-state index contributed by atoms with van der Waals surface area (Å²) in [5.41, 5.74) is 5.56. The molecule has 4 aromatic carbocycles. The molecular formula is C36H39N2NaO4S. The van der Waals surface area contributed by atoms with Gasteiger partial charge in [-0.05, 0) is 84.2 Å². The molecule has 0 aliphatic carbocycles. The SMILES string of the molecule is CSCC[C@H](NC(=O)c1ccc(NCC(CO)(Cc2ccccc2)Cc2ccccc2)cc1-c1ccccc1C)C(=O)[O-].[Na+]. The van der Waals surface area contributed by atoms with Crippen LogP contribution >= 0.6 is 11.8 Å². The second kappa shape index (κ2) is 17.4. The minimum atomic E-state index is -1.30. The van der Waals surface area contributed by atoms with Crippen molar-refractivity contribution < 1.29 is 49.4 Å². The summed E-state index contributed by atoms with van der Waals surface area (Å²) in [4.78, 5) is 25.2. The van der Waals surface area contributed by atoms with Gasteiger partial charge in [-0.2, -0.15) is 11.8 Å². The maximum atomic E-state index is 13.4. The number of rotatable bonds is 15. The average molecular weight is 619 g/mol. The van der Waals surface area contributed by atoms with Gasteiger partial charge >= 0.3 is 29.6 Å². The van der Waals surface area contributed by atoms with Gasteiger partial charge in [0.1, 0.15) is 0 Å². The smallest absolute Gasteiger partial charge is 0.548 e. The fourth-order valence-corrected chi connectivity index (χ4v) is 5.84. The zero-order chi connectivity index (χ0) is 30.7. The first kappa shape index (κ1) is 35.4. The van der Waals surface area contributed by atoms with Gasteiger partial charge in [-0.3, -0.25) is 4.79 Å². The molecule has 0 heterocycles. The van der Waals surface area contributed by atoms with E-state index < -0.39 is 23.3 Å². The molecule has 224 valence electrons. The van der Waals surface area contributed by atoms with Gasteiger partial charge in [0.05, 0.1) is 18.6 Å². The molecule has 44 heavy (non-hydrogen) atoms. The number of aliphatic hydroxyl groups is 1. The number of thioether (sulfide) groups is 1. The monoisotopic (exact) mass is 618 g/mol. The number of nitrogens with one attached hydrogen (secondary N) is 2. The van der Waals surface area contributed by atoms with E-state index in [0.717, 1.165) is 27.9 Å². The number of hydrogen-bond donors (Lipinski definition) is 3. The number of aliphatic hydroxyl groups excluding tert-OH is 1. The molecule has 0 fully saturated rings. The van der Waals surface area contributed by atoms with E-state index >= 15 is 0 Å². The topological polar surface area (TPSA) is 101 Å². The molecule has 4 aromatic rings. The number of amides is 1. The molecule has 8 heteroatoms. The van der Waals surface area contributed by atoms with Crippen LogP contribution in [-0.2, 0) is 17.6 Å². The van der Waals surface area contributed by atoms with Crippen LogP contribution in [0.1, 0.15) is 33.5 Å². The molecule has 0 saturated carbocycles. The largest absolute Gasteiger partial charge is 1.00 e. The Hall–Kier alpha value is -3.07. The number of aliphatic carboxylic acids is 1. The second-order valence-electron chi connectivity index (χ2n) is 11.0. The van der Waals surface area contributed by atoms with Gasteiger partial charge in [0, 0.05) is 23.2 Å². The molecule has 0 radical (unpaired) electrons. The van der Waals surface area contributed by atoms with Crippen molar-refractivity contribution in [3.63, 3.8) is 0 Å². The van der Waals surface area contributed by atoms with Gasteiger partial charge in [0.2, 0.25) is 0 Å². The molecule has 1 atom stereocenters. The van der Waals surface area contributed by atoms with Crippen LogP contribution in [0.15, 0.2) is 103 Å². The Morgan fingerprint density at radius 2 is 1.45 bits per heavy atom. The number of carbonyl (C=O) groups excluding carboxylic acids is 2. The summed E-state index contributed by atoms with van der Waals surface area (Å²) in [5, 5.41) is 28.8. The number of benzene rings is 4. The Kier molecular flexibility index (Phi) is 14.0. The van der Waals surface area contributed by atoms with Crippen LogP contribution in [-0.4, -0.2) is 48.2 Å². The van der Waals surface area contributed by atoms with E-state index in [9.17, 15) is 19.8 Å². The predicted octanol–water partition coefficient (Wildman–Crippen LogP) is 2.14. The number of carbonyl (C=O) groups is 2. The number of hydrogen-bond acceptors (Lipinski definition) is 6. The first-order chi connectivity index (χ1) is 20.8. The van der Waals surface area contributed by atoms with Crippen molar-refractivity contribution in [3.05, 3.63) is 125 Å². The fraction of sp³-hybridized carbons (Fsp3) is 0.278. The van der Waals surface area contributed by atoms with Crippen LogP contribution < -0.4 is 45.3 Å². The molecule has 4 rings (SSSR count). The summed E-state index contributed by atoms with van der Waals surface area (Å²) in [7, 11) is 0. The van der Waals surface area contributed by atoms with E-state index in [2.05, 4.69) is 34.9 Å². The third kappa shape index (κ3) is 9.71. The maximum Gasteiger partial charge on any atom is 1.00 e. The van der Waals surface area contributed by atoms with Crippen LogP contribution in [0, 0.1) is 12.3 Å². The first-order valence-corrected chi connectivity index (χ1v) is 15.9. The molecule has 0 saturated heterocycles. The third-order valence-corrected chi connectivity index (χ3v) is 8.39. The molecule has 3 N–H and O–H groups in total. The first-order valence-electron chi connectivity index (χ1n) is 14.5.